The van der Waals surface area contributed by atoms with Gasteiger partial charge in [0.25, 0.3) is 0 Å². The standard InChI is InChI=1S/C12H11FIN3O/c1-2-9-10(14)11(15)17-12(16-9)6-3-7(13)5-8(18)4-6/h3-5,18H,2H2,1H3,(H2,15,16,17). The number of aryl methyl sites for hydroxylation is 1. The van der Waals surface area contributed by atoms with Crippen molar-refractivity contribution in [2.45, 2.75) is 13.3 Å². The largest absolute Gasteiger partial charge is 0.508 e. The third-order valence-electron chi connectivity index (χ3n) is 2.42. The van der Waals surface area contributed by atoms with Gasteiger partial charge >= 0.3 is 0 Å². The topological polar surface area (TPSA) is 72.0 Å². The second-order valence-corrected chi connectivity index (χ2v) is 4.82. The minimum absolute atomic E-state index is 0.163. The van der Waals surface area contributed by atoms with Gasteiger partial charge in [-0.25, -0.2) is 14.4 Å². The van der Waals surface area contributed by atoms with Crippen molar-refractivity contribution in [2.75, 3.05) is 5.73 Å². The summed E-state index contributed by atoms with van der Waals surface area (Å²) in [6.07, 6.45) is 0.708. The molecule has 0 radical (unpaired) electrons. The molecule has 0 aliphatic rings. The van der Waals surface area contributed by atoms with E-state index >= 15 is 0 Å². The fraction of sp³-hybridized carbons (Fsp3) is 0.167. The van der Waals surface area contributed by atoms with Crippen LogP contribution in [0, 0.1) is 9.39 Å². The first kappa shape index (κ1) is 13.0. The quantitative estimate of drug-likeness (QED) is 0.809. The Bertz CT molecular complexity index is 584. The second kappa shape index (κ2) is 5.05. The lowest BCUT2D eigenvalue weighted by Gasteiger charge is -2.08. The highest BCUT2D eigenvalue weighted by Crippen LogP contribution is 2.25. The molecule has 0 spiro atoms. The third-order valence-corrected chi connectivity index (χ3v) is 3.60. The van der Waals surface area contributed by atoms with Crippen LogP contribution in [0.25, 0.3) is 11.4 Å². The highest BCUT2D eigenvalue weighted by molar-refractivity contribution is 14.1. The molecule has 2 rings (SSSR count). The lowest BCUT2D eigenvalue weighted by Crippen LogP contribution is -2.04. The van der Waals surface area contributed by atoms with E-state index in [0.717, 1.165) is 15.3 Å². The number of aromatic hydroxyl groups is 1. The fourth-order valence-electron chi connectivity index (χ4n) is 1.58. The highest BCUT2D eigenvalue weighted by atomic mass is 127. The van der Waals surface area contributed by atoms with E-state index in [1.165, 1.54) is 12.1 Å². The summed E-state index contributed by atoms with van der Waals surface area (Å²) in [6.45, 7) is 1.96. The van der Waals surface area contributed by atoms with Gasteiger partial charge in [0.15, 0.2) is 5.82 Å². The van der Waals surface area contributed by atoms with Gasteiger partial charge in [0.1, 0.15) is 17.4 Å². The number of phenols is 1. The zero-order valence-corrected chi connectivity index (χ0v) is 11.8. The number of hydrogen-bond acceptors (Lipinski definition) is 4. The number of benzene rings is 1. The summed E-state index contributed by atoms with van der Waals surface area (Å²) in [5.41, 5.74) is 7.01. The Hall–Kier alpha value is -1.44. The van der Waals surface area contributed by atoms with Crippen molar-refractivity contribution in [3.05, 3.63) is 33.3 Å². The Balaban J connectivity index is 2.60. The lowest BCUT2D eigenvalue weighted by molar-refractivity contribution is 0.469. The lowest BCUT2D eigenvalue weighted by atomic mass is 10.2. The smallest absolute Gasteiger partial charge is 0.162 e. The molecule has 0 atom stereocenters. The summed E-state index contributed by atoms with van der Waals surface area (Å²) in [4.78, 5) is 8.44. The molecule has 1 heterocycles. The number of anilines is 1. The molecule has 0 saturated carbocycles. The van der Waals surface area contributed by atoms with E-state index in [9.17, 15) is 9.50 Å². The summed E-state index contributed by atoms with van der Waals surface area (Å²) >= 11 is 2.08. The van der Waals surface area contributed by atoms with Gasteiger partial charge in [0.2, 0.25) is 0 Å². The zero-order chi connectivity index (χ0) is 13.3. The Morgan fingerprint density at radius 1 is 1.33 bits per heavy atom. The van der Waals surface area contributed by atoms with E-state index in [4.69, 9.17) is 5.73 Å². The van der Waals surface area contributed by atoms with Crippen LogP contribution in [0.1, 0.15) is 12.6 Å². The molecular formula is C12H11FIN3O. The van der Waals surface area contributed by atoms with Crippen LogP contribution in [-0.4, -0.2) is 15.1 Å². The first-order chi connectivity index (χ1) is 8.51. The number of phenolic OH excluding ortho intramolecular Hbond substituents is 1. The van der Waals surface area contributed by atoms with E-state index in [1.54, 1.807) is 0 Å². The summed E-state index contributed by atoms with van der Waals surface area (Å²) in [5.74, 6) is -0.0201. The van der Waals surface area contributed by atoms with Gasteiger partial charge in [0.05, 0.1) is 9.26 Å². The Labute approximate surface area is 117 Å². The van der Waals surface area contributed by atoms with Crippen LogP contribution in [0.15, 0.2) is 18.2 Å². The molecule has 1 aromatic heterocycles. The van der Waals surface area contributed by atoms with Crippen molar-refractivity contribution in [2.24, 2.45) is 0 Å². The predicted octanol–water partition coefficient (Wildman–Crippen LogP) is 2.74. The Kier molecular flexibility index (Phi) is 3.65. The van der Waals surface area contributed by atoms with Crippen molar-refractivity contribution < 1.29 is 9.50 Å². The normalized spacial score (nSPS) is 10.6. The van der Waals surface area contributed by atoms with E-state index < -0.39 is 5.82 Å². The molecule has 0 fully saturated rings. The molecule has 2 aromatic rings. The van der Waals surface area contributed by atoms with Crippen LogP contribution >= 0.6 is 22.6 Å². The predicted molar refractivity (Wildman–Crippen MR) is 75.6 cm³/mol. The number of halogens is 2. The molecule has 4 nitrogen and oxygen atoms in total. The molecule has 0 unspecified atom stereocenters. The fourth-order valence-corrected chi connectivity index (χ4v) is 2.20. The van der Waals surface area contributed by atoms with Crippen LogP contribution in [-0.2, 0) is 6.42 Å². The number of nitrogens with zero attached hydrogens (tertiary/aromatic N) is 2. The van der Waals surface area contributed by atoms with Crippen molar-refractivity contribution in [1.82, 2.24) is 9.97 Å². The maximum Gasteiger partial charge on any atom is 0.162 e. The van der Waals surface area contributed by atoms with Gasteiger partial charge in [-0.1, -0.05) is 6.92 Å². The van der Waals surface area contributed by atoms with Gasteiger partial charge in [-0.2, -0.15) is 0 Å². The first-order valence-corrected chi connectivity index (χ1v) is 6.41. The molecule has 0 amide bonds. The summed E-state index contributed by atoms with van der Waals surface area (Å²) < 4.78 is 14.0. The molecule has 1 aromatic carbocycles. The number of aromatic nitrogens is 2. The molecule has 18 heavy (non-hydrogen) atoms. The minimum atomic E-state index is -0.538. The van der Waals surface area contributed by atoms with Crippen LogP contribution in [0.2, 0.25) is 0 Å². The van der Waals surface area contributed by atoms with E-state index in [-0.39, 0.29) is 5.75 Å². The monoisotopic (exact) mass is 359 g/mol. The second-order valence-electron chi connectivity index (χ2n) is 3.74. The molecule has 0 bridgehead atoms. The van der Waals surface area contributed by atoms with Crippen molar-refractivity contribution in [1.29, 1.82) is 0 Å². The van der Waals surface area contributed by atoms with E-state index in [1.807, 2.05) is 6.92 Å². The molecule has 3 N–H and O–H groups in total. The van der Waals surface area contributed by atoms with Crippen molar-refractivity contribution >= 4 is 28.4 Å². The molecule has 0 saturated heterocycles. The first-order valence-electron chi connectivity index (χ1n) is 5.33. The van der Waals surface area contributed by atoms with Crippen LogP contribution in [0.4, 0.5) is 10.2 Å². The van der Waals surface area contributed by atoms with E-state index in [0.29, 0.717) is 23.6 Å². The van der Waals surface area contributed by atoms with Crippen LogP contribution < -0.4 is 5.73 Å². The van der Waals surface area contributed by atoms with E-state index in [2.05, 4.69) is 32.6 Å². The maximum absolute atomic E-state index is 13.2. The SMILES string of the molecule is CCc1nc(-c2cc(O)cc(F)c2)nc(N)c1I. The molecule has 6 heteroatoms. The highest BCUT2D eigenvalue weighted by Gasteiger charge is 2.11. The zero-order valence-electron chi connectivity index (χ0n) is 9.61. The van der Waals surface area contributed by atoms with Crippen LogP contribution in [0.5, 0.6) is 5.75 Å². The minimum Gasteiger partial charge on any atom is -0.508 e. The Morgan fingerprint density at radius 3 is 2.67 bits per heavy atom. The Morgan fingerprint density at radius 2 is 2.06 bits per heavy atom. The number of rotatable bonds is 2. The third kappa shape index (κ3) is 2.53. The van der Waals surface area contributed by atoms with Crippen LogP contribution in [0.3, 0.4) is 0 Å². The number of nitrogen functional groups attached to an aromatic ring is 1. The molecule has 94 valence electrons. The summed E-state index contributed by atoms with van der Waals surface area (Å²) in [6, 6.07) is 3.70. The van der Waals surface area contributed by atoms with Gasteiger partial charge in [-0.15, -0.1) is 0 Å². The van der Waals surface area contributed by atoms with Gasteiger partial charge in [-0.3, -0.25) is 0 Å². The average Bonchev–Trinajstić information content (AvgIpc) is 2.31. The summed E-state index contributed by atoms with van der Waals surface area (Å²) in [7, 11) is 0. The maximum atomic E-state index is 13.2. The molecule has 0 aliphatic heterocycles. The van der Waals surface area contributed by atoms with Gasteiger partial charge in [-0.05, 0) is 41.1 Å². The number of hydrogen-bond donors (Lipinski definition) is 2. The summed E-state index contributed by atoms with van der Waals surface area (Å²) in [5, 5.41) is 9.38. The average molecular weight is 359 g/mol. The van der Waals surface area contributed by atoms with Gasteiger partial charge in [0, 0.05) is 11.6 Å². The molecule has 0 aliphatic carbocycles. The van der Waals surface area contributed by atoms with Crippen molar-refractivity contribution in [3.63, 3.8) is 0 Å². The van der Waals surface area contributed by atoms with Crippen molar-refractivity contribution in [3.8, 4) is 17.1 Å². The molecular weight excluding hydrogens is 348 g/mol. The van der Waals surface area contributed by atoms with Gasteiger partial charge < -0.3 is 10.8 Å². The number of nitrogens with two attached hydrogens (primary N) is 1.